The highest BCUT2D eigenvalue weighted by Crippen LogP contribution is 2.48. The van der Waals surface area contributed by atoms with Crippen molar-refractivity contribution in [3.05, 3.63) is 158 Å². The largest absolute Gasteiger partial charge is 0.308 e. The molecule has 0 fully saturated rings. The molecule has 5 heteroatoms. The van der Waals surface area contributed by atoms with E-state index in [0.717, 1.165) is 37.9 Å². The second-order valence-corrected chi connectivity index (χ2v) is 15.2. The molecule has 5 heterocycles. The van der Waals surface area contributed by atoms with Crippen molar-refractivity contribution in [1.29, 1.82) is 0 Å². The van der Waals surface area contributed by atoms with E-state index in [1.165, 1.54) is 75.1 Å². The van der Waals surface area contributed by atoms with Gasteiger partial charge in [0, 0.05) is 53.4 Å². The molecule has 0 saturated heterocycles. The molecule has 53 heavy (non-hydrogen) atoms. The molecule has 0 aliphatic heterocycles. The molecule has 0 aliphatic rings. The fraction of sp³-hybridized carbons (Fsp3) is 0. The van der Waals surface area contributed by atoms with Crippen LogP contribution in [0.25, 0.3) is 119 Å². The number of hydrogen-bond donors (Lipinski definition) is 0. The second-order valence-electron chi connectivity index (χ2n) is 14.1. The quantitative estimate of drug-likeness (QED) is 0.181. The van der Waals surface area contributed by atoms with Crippen LogP contribution in [0.15, 0.2) is 158 Å². The lowest BCUT2D eigenvalue weighted by Crippen LogP contribution is -2.03. The van der Waals surface area contributed by atoms with Crippen LogP contribution in [0.2, 0.25) is 0 Å². The van der Waals surface area contributed by atoms with Crippen LogP contribution >= 0.6 is 11.3 Å². The van der Waals surface area contributed by atoms with Gasteiger partial charge in [0.2, 0.25) is 5.95 Å². The smallest absolute Gasteiger partial charge is 0.235 e. The van der Waals surface area contributed by atoms with Crippen molar-refractivity contribution in [2.24, 2.45) is 0 Å². The summed E-state index contributed by atoms with van der Waals surface area (Å²) in [5.74, 6) is 0.684. The molecular weight excluding hydrogens is 665 g/mol. The van der Waals surface area contributed by atoms with E-state index in [1.807, 2.05) is 0 Å². The Hall–Kier alpha value is -6.82. The van der Waals surface area contributed by atoms with Gasteiger partial charge in [-0.15, -0.1) is 11.3 Å². The van der Waals surface area contributed by atoms with Crippen LogP contribution in [-0.4, -0.2) is 18.9 Å². The maximum atomic E-state index is 5.65. The molecule has 0 N–H and O–H groups in total. The minimum Gasteiger partial charge on any atom is -0.308 e. The van der Waals surface area contributed by atoms with Crippen LogP contribution in [0.5, 0.6) is 0 Å². The van der Waals surface area contributed by atoms with Gasteiger partial charge in [-0.1, -0.05) is 127 Å². The third kappa shape index (κ3) is 3.54. The van der Waals surface area contributed by atoms with Crippen LogP contribution in [0.3, 0.4) is 0 Å². The van der Waals surface area contributed by atoms with Gasteiger partial charge in [0.1, 0.15) is 0 Å². The summed E-state index contributed by atoms with van der Waals surface area (Å²) in [6.07, 6.45) is 0. The van der Waals surface area contributed by atoms with Crippen LogP contribution < -0.4 is 0 Å². The highest BCUT2D eigenvalue weighted by Gasteiger charge is 2.27. The second kappa shape index (κ2) is 9.94. The zero-order valence-electron chi connectivity index (χ0n) is 28.2. The van der Waals surface area contributed by atoms with E-state index >= 15 is 0 Å². The third-order valence-corrected chi connectivity index (χ3v) is 12.6. The summed E-state index contributed by atoms with van der Waals surface area (Å²) in [7, 11) is 0. The van der Waals surface area contributed by atoms with Crippen molar-refractivity contribution in [3.8, 4) is 17.2 Å². The van der Waals surface area contributed by atoms with Crippen molar-refractivity contribution in [2.45, 2.75) is 0 Å². The van der Waals surface area contributed by atoms with E-state index < -0.39 is 0 Å². The molecular formula is C48H26N4S. The molecule has 5 aromatic heterocycles. The van der Waals surface area contributed by atoms with Crippen LogP contribution in [0.1, 0.15) is 0 Å². The fourth-order valence-corrected chi connectivity index (χ4v) is 10.3. The van der Waals surface area contributed by atoms with Crippen molar-refractivity contribution >= 4 is 113 Å². The summed E-state index contributed by atoms with van der Waals surface area (Å²) >= 11 is 1.78. The van der Waals surface area contributed by atoms with E-state index in [-0.39, 0.29) is 0 Å². The Morgan fingerprint density at radius 1 is 0.434 bits per heavy atom. The molecule has 0 bridgehead atoms. The van der Waals surface area contributed by atoms with Gasteiger partial charge in [-0.2, -0.15) is 0 Å². The molecule has 0 saturated carbocycles. The number of fused-ring (bicyclic) bond motifs is 16. The first kappa shape index (κ1) is 27.8. The van der Waals surface area contributed by atoms with Crippen LogP contribution in [0, 0.1) is 0 Å². The molecule has 0 aliphatic carbocycles. The van der Waals surface area contributed by atoms with Gasteiger partial charge >= 0.3 is 0 Å². The summed E-state index contributed by atoms with van der Waals surface area (Å²) in [5.41, 5.74) is 8.98. The van der Waals surface area contributed by atoms with E-state index in [4.69, 9.17) is 9.97 Å². The fourth-order valence-electron chi connectivity index (χ4n) is 9.18. The number of aromatic nitrogens is 4. The monoisotopic (exact) mass is 690 g/mol. The van der Waals surface area contributed by atoms with Gasteiger partial charge in [-0.05, 0) is 46.5 Å². The highest BCUT2D eigenvalue weighted by molar-refractivity contribution is 7.26. The minimum atomic E-state index is 0.684. The lowest BCUT2D eigenvalue weighted by Gasteiger charge is -2.12. The Bertz CT molecular complexity index is 3700. The van der Waals surface area contributed by atoms with Gasteiger partial charge in [0.25, 0.3) is 0 Å². The van der Waals surface area contributed by atoms with Crippen molar-refractivity contribution in [3.63, 3.8) is 0 Å². The maximum Gasteiger partial charge on any atom is 0.235 e. The Kier molecular flexibility index (Phi) is 5.22. The predicted octanol–water partition coefficient (Wildman–Crippen LogP) is 13.1. The Labute approximate surface area is 305 Å². The summed E-state index contributed by atoms with van der Waals surface area (Å²) < 4.78 is 7.17. The minimum absolute atomic E-state index is 0.684. The average Bonchev–Trinajstić information content (AvgIpc) is 3.96. The lowest BCUT2D eigenvalue weighted by atomic mass is 10.0. The number of rotatable bonds is 2. The van der Waals surface area contributed by atoms with Crippen molar-refractivity contribution in [1.82, 2.24) is 18.9 Å². The Morgan fingerprint density at radius 2 is 1.09 bits per heavy atom. The Balaban J connectivity index is 1.29. The zero-order chi connectivity index (χ0) is 34.4. The average molecular weight is 691 g/mol. The molecule has 8 aromatic carbocycles. The summed E-state index contributed by atoms with van der Waals surface area (Å²) in [6.45, 7) is 0. The predicted molar refractivity (Wildman–Crippen MR) is 224 cm³/mol. The van der Waals surface area contributed by atoms with Gasteiger partial charge in [0.15, 0.2) is 0 Å². The summed E-state index contributed by atoms with van der Waals surface area (Å²) in [5, 5.41) is 13.3. The number of benzene rings is 8. The molecule has 4 nitrogen and oxygen atoms in total. The molecule has 0 spiro atoms. The van der Waals surface area contributed by atoms with Crippen molar-refractivity contribution < 1.29 is 0 Å². The van der Waals surface area contributed by atoms with E-state index in [1.54, 1.807) is 11.3 Å². The molecule has 0 atom stereocenters. The molecule has 0 amide bonds. The normalized spacial score (nSPS) is 12.5. The van der Waals surface area contributed by atoms with Crippen molar-refractivity contribution in [2.75, 3.05) is 0 Å². The number of hydrogen-bond acceptors (Lipinski definition) is 3. The molecule has 13 aromatic rings. The first-order chi connectivity index (χ1) is 26.3. The van der Waals surface area contributed by atoms with E-state index in [2.05, 4.69) is 167 Å². The lowest BCUT2D eigenvalue weighted by molar-refractivity contribution is 1.02. The highest BCUT2D eigenvalue weighted by atomic mass is 32.1. The zero-order valence-corrected chi connectivity index (χ0v) is 29.0. The molecule has 0 radical (unpaired) electrons. The van der Waals surface area contributed by atoms with Crippen LogP contribution in [-0.2, 0) is 0 Å². The number of nitrogens with zero attached hydrogens (tertiary/aromatic N) is 4. The third-order valence-electron chi connectivity index (χ3n) is 11.4. The topological polar surface area (TPSA) is 35.1 Å². The van der Waals surface area contributed by atoms with Gasteiger partial charge in [0.05, 0.1) is 43.5 Å². The number of thiophene rings is 1. The van der Waals surface area contributed by atoms with E-state index in [0.29, 0.717) is 5.95 Å². The first-order valence-electron chi connectivity index (χ1n) is 18.0. The van der Waals surface area contributed by atoms with Gasteiger partial charge in [-0.3, -0.25) is 4.57 Å². The Morgan fingerprint density at radius 3 is 1.96 bits per heavy atom. The molecule has 0 unspecified atom stereocenters. The number of para-hydroxylation sites is 2. The maximum absolute atomic E-state index is 5.65. The molecule has 13 rings (SSSR count). The molecule has 244 valence electrons. The van der Waals surface area contributed by atoms with Crippen LogP contribution in [0.4, 0.5) is 0 Å². The first-order valence-corrected chi connectivity index (χ1v) is 18.8. The SMILES string of the molecule is c1ccc2cc(-c3nc(-n4c5c6ccccc6ccc5c5cc6c7ccccc7n7c8ccccc8c(c54)c67)nc4c3sc3ccccc34)ccc2c1. The standard InChI is InChI=1S/C48H26N4S/c1-2-13-29-25-30(22-21-27(29)11-1)42-47-43(35-17-7-10-20-40(35)53-47)50-48(49-42)52-44-31-14-4-3-12-28(31)23-24-33(44)37-26-36-32-15-5-8-18-38(32)51-39-19-9-6-16-34(39)41(45(36)51)46(37)52/h1-26H. The van der Waals surface area contributed by atoms with Gasteiger partial charge in [-0.25, -0.2) is 9.97 Å². The van der Waals surface area contributed by atoms with Gasteiger partial charge < -0.3 is 4.40 Å². The summed E-state index contributed by atoms with van der Waals surface area (Å²) in [6, 6.07) is 57.3. The van der Waals surface area contributed by atoms with E-state index in [9.17, 15) is 0 Å². The summed E-state index contributed by atoms with van der Waals surface area (Å²) in [4.78, 5) is 11.2.